The summed E-state index contributed by atoms with van der Waals surface area (Å²) in [7, 11) is 3.21. The summed E-state index contributed by atoms with van der Waals surface area (Å²) in [6, 6.07) is 80.5. The molecular formula is C103H121ClO35. The van der Waals surface area contributed by atoms with Gasteiger partial charge in [-0.05, 0) is 65.9 Å². The number of hydrogen-bond donors (Lipinski definition) is 12. The number of rotatable bonds is 27. The maximum Gasteiger partial charge on any atom is 0.190 e. The molecule has 0 amide bonds. The van der Waals surface area contributed by atoms with Crippen LogP contribution in [0.2, 0.25) is 0 Å². The molecule has 0 spiro atoms. The quantitative estimate of drug-likeness (QED) is 0.0235. The van der Waals surface area contributed by atoms with E-state index in [1.54, 1.807) is 38.5 Å². The summed E-state index contributed by atoms with van der Waals surface area (Å²) in [6.07, 6.45) is -37.9. The summed E-state index contributed by atoms with van der Waals surface area (Å²) in [5.74, 6) is 2.02. The fourth-order valence-corrected chi connectivity index (χ4v) is 17.6. The number of halogens is 1. The van der Waals surface area contributed by atoms with Crippen molar-refractivity contribution in [3.8, 4) is 11.5 Å². The lowest BCUT2D eigenvalue weighted by Gasteiger charge is -2.52. The van der Waals surface area contributed by atoms with E-state index in [0.29, 0.717) is 17.2 Å². The zero-order valence-electron chi connectivity index (χ0n) is 76.7. The Morgan fingerprint density at radius 3 is 0.806 bits per heavy atom. The van der Waals surface area contributed by atoms with Crippen molar-refractivity contribution >= 4 is 11.6 Å². The molecular weight excluding hydrogens is 1830 g/mol. The van der Waals surface area contributed by atoms with Gasteiger partial charge in [0.1, 0.15) is 158 Å². The predicted octanol–water partition coefficient (Wildman–Crippen LogP) is 6.81. The molecule has 0 bridgehead atoms. The smallest absolute Gasteiger partial charge is 0.190 e. The number of benzene rings is 9. The van der Waals surface area contributed by atoms with Crippen LogP contribution in [0.4, 0.5) is 0 Å². The van der Waals surface area contributed by atoms with Gasteiger partial charge in [-0.3, -0.25) is 0 Å². The molecule has 9 aromatic carbocycles. The second-order valence-electron chi connectivity index (χ2n) is 35.0. The summed E-state index contributed by atoms with van der Waals surface area (Å²) < 4.78 is 142. The fourth-order valence-electron chi connectivity index (χ4n) is 17.5. The van der Waals surface area contributed by atoms with Crippen molar-refractivity contribution in [3.63, 3.8) is 0 Å². The second kappa shape index (κ2) is 49.7. The van der Waals surface area contributed by atoms with Crippen molar-refractivity contribution < 1.29 is 170 Å². The molecule has 9 aromatic rings. The lowest BCUT2D eigenvalue weighted by atomic mass is 9.95. The van der Waals surface area contributed by atoms with Crippen LogP contribution in [0.5, 0.6) is 11.5 Å². The molecule has 10 heterocycles. The molecule has 12 N–H and O–H groups in total. The number of hydrogen-bond acceptors (Lipinski definition) is 35. The SMILES string of the molecule is COc1ccc(C2OC[C@H]3O[C@H](O[C@H]4O[C@@H]5COC(c6ccc(C)cc6)O[C@H]5[C@H](O)[C@H]4O)[C@H](O)[C@@H](O)[C@@H]3O2)cc1.COc1ccc(C2OC[C@H]3O[C@H](O[C@H]4O[C@@H]5COC(c6ccc(C)cc6)O[C@H]5[C@H](OCc5ccccc5)[C@H]4OCc4ccccc4)[C@H](OCc4ccccc4)[C@@H](OCc4ccccc4)[C@@H]3O2)cc1.ClCc1ccccc1.OC[C@H]1O[C@H](O[C@H]2O[C@H](CO)[C@@H](O)[C@H](O)[C@H]2O)[C@H](O)[C@@H](O)[C@@H]1O. The van der Waals surface area contributed by atoms with Crippen molar-refractivity contribution in [2.45, 2.75) is 256 Å². The minimum atomic E-state index is -1.72. The zero-order chi connectivity index (χ0) is 97.2. The molecule has 0 aromatic heterocycles. The first-order valence-corrected chi connectivity index (χ1v) is 46.8. The largest absolute Gasteiger partial charge is 0.497 e. The van der Waals surface area contributed by atoms with Gasteiger partial charge in [-0.1, -0.05) is 236 Å². The van der Waals surface area contributed by atoms with Crippen LogP contribution in [-0.2, 0) is 132 Å². The maximum atomic E-state index is 10.9. The maximum absolute atomic E-state index is 10.9. The Bertz CT molecular complexity index is 5070. The zero-order valence-corrected chi connectivity index (χ0v) is 77.5. The molecule has 750 valence electrons. The van der Waals surface area contributed by atoms with Crippen LogP contribution in [0.1, 0.15) is 86.4 Å². The summed E-state index contributed by atoms with van der Waals surface area (Å²) in [4.78, 5) is 0. The second-order valence-corrected chi connectivity index (χ2v) is 35.3. The summed E-state index contributed by atoms with van der Waals surface area (Å²) in [5.41, 5.74) is 10.5. The third kappa shape index (κ3) is 25.8. The van der Waals surface area contributed by atoms with E-state index in [4.69, 9.17) is 131 Å². The van der Waals surface area contributed by atoms with E-state index in [9.17, 15) is 51.1 Å². The van der Waals surface area contributed by atoms with Gasteiger partial charge in [0.15, 0.2) is 62.9 Å². The highest BCUT2D eigenvalue weighted by Gasteiger charge is 2.59. The molecule has 0 radical (unpaired) electrons. The molecule has 10 aliphatic heterocycles. The molecule has 4 unspecified atom stereocenters. The van der Waals surface area contributed by atoms with Crippen LogP contribution in [0.25, 0.3) is 0 Å². The average molecular weight is 1950 g/mol. The van der Waals surface area contributed by atoms with Crippen LogP contribution >= 0.6 is 11.6 Å². The summed E-state index contributed by atoms with van der Waals surface area (Å²) in [5, 5.41) is 120. The van der Waals surface area contributed by atoms with Gasteiger partial charge in [-0.15, -0.1) is 11.6 Å². The van der Waals surface area contributed by atoms with Gasteiger partial charge in [-0.25, -0.2) is 0 Å². The molecule has 10 aliphatic rings. The van der Waals surface area contributed by atoms with Crippen LogP contribution in [0.15, 0.2) is 249 Å². The molecule has 34 atom stereocenters. The van der Waals surface area contributed by atoms with Crippen LogP contribution < -0.4 is 9.47 Å². The topological polar surface area (TPSA) is 455 Å². The summed E-state index contributed by atoms with van der Waals surface area (Å²) in [6.45, 7) is 4.27. The van der Waals surface area contributed by atoms with Crippen LogP contribution in [-0.4, -0.2) is 299 Å². The van der Waals surface area contributed by atoms with Crippen molar-refractivity contribution in [1.29, 1.82) is 0 Å². The van der Waals surface area contributed by atoms with E-state index in [-0.39, 0.29) is 52.9 Å². The van der Waals surface area contributed by atoms with E-state index >= 15 is 0 Å². The number of aliphatic hydroxyl groups excluding tert-OH is 12. The Morgan fingerprint density at radius 1 is 0.266 bits per heavy atom. The first kappa shape index (κ1) is 103. The Labute approximate surface area is 808 Å². The van der Waals surface area contributed by atoms with E-state index in [2.05, 4.69) is 6.92 Å². The minimum Gasteiger partial charge on any atom is -0.497 e. The number of ether oxygens (including phenoxy) is 23. The normalized spacial score (nSPS) is 35.3. The molecule has 139 heavy (non-hydrogen) atoms. The van der Waals surface area contributed by atoms with Gasteiger partial charge in [0.25, 0.3) is 0 Å². The Kier molecular flexibility index (Phi) is 37.0. The van der Waals surface area contributed by atoms with Crippen LogP contribution in [0.3, 0.4) is 0 Å². The predicted molar refractivity (Wildman–Crippen MR) is 488 cm³/mol. The number of aryl methyl sites for hydroxylation is 2. The van der Waals surface area contributed by atoms with Crippen molar-refractivity contribution in [3.05, 3.63) is 310 Å². The van der Waals surface area contributed by atoms with Gasteiger partial charge in [0.05, 0.1) is 80.3 Å². The Morgan fingerprint density at radius 2 is 0.518 bits per heavy atom. The lowest BCUT2D eigenvalue weighted by molar-refractivity contribution is -0.422. The minimum absolute atomic E-state index is 0.0501. The van der Waals surface area contributed by atoms with Crippen molar-refractivity contribution in [2.24, 2.45) is 0 Å². The molecule has 10 saturated heterocycles. The number of alkyl halides is 1. The summed E-state index contributed by atoms with van der Waals surface area (Å²) >= 11 is 5.53. The Hall–Kier alpha value is -8.45. The third-order valence-electron chi connectivity index (χ3n) is 25.3. The van der Waals surface area contributed by atoms with Gasteiger partial charge in [0, 0.05) is 28.1 Å². The molecule has 35 nitrogen and oxygen atoms in total. The first-order chi connectivity index (χ1) is 67.6. The highest BCUT2D eigenvalue weighted by Crippen LogP contribution is 2.45. The fraction of sp³-hybridized carbons (Fsp3) is 0.476. The van der Waals surface area contributed by atoms with E-state index in [1.165, 1.54) is 5.56 Å². The van der Waals surface area contributed by atoms with Crippen molar-refractivity contribution in [2.75, 3.05) is 53.9 Å². The standard InChI is InChI=1S/C56H58O12.C28H34O12.C12H22O11.C7H7Cl/c1-37-23-25-42(26-24-37)53-62-35-45-47(66-53)49(58-31-38-15-7-3-8-16-38)51(60-33-40-19-11-5-12-20-40)55(64-45)68-56-52(61-34-41-21-13-6-14-22-41)50(59-32-39-17-9-4-10-18-39)48-46(65-56)36-63-54(67-48)43-27-29-44(57-2)30-28-43;1-13-3-5-14(6-4-13)25-34-11-17-23(38-25)19(29)21(31)27(36-17)40-28-22(32)20(30)24-18(37-28)12-35-26(39-24)15-7-9-16(33-2)10-8-15;13-1-3-5(15)7(17)9(19)11(21-3)23-12-10(20)8(18)6(16)4(2-14)22-12;8-6-7-4-2-1-3-5-7/h3-30,45-56H,31-36H2,1-2H3;3-10,17-32H,11-12H2,1-2H3;3-20H,1-2H2;1-5H,6H2/t45-,46-,47-,48-,49+,50+,51-,52-,53?,54?,55-,56-;17-,18-,19-,20-,21-,22-,23-,24-,25?,26?,27-,28-;3-,4-,5-,6-,7+,8+,9-,10-,11-,12-;/m111./s1. The Balaban J connectivity index is 0.000000164. The molecule has 0 aliphatic carbocycles. The van der Waals surface area contributed by atoms with Gasteiger partial charge in [-0.2, -0.15) is 0 Å². The van der Waals surface area contributed by atoms with E-state index in [0.717, 1.165) is 55.8 Å². The van der Waals surface area contributed by atoms with E-state index < -0.39 is 223 Å². The van der Waals surface area contributed by atoms with Crippen LogP contribution in [0, 0.1) is 13.8 Å². The number of methoxy groups -OCH3 is 2. The van der Waals surface area contributed by atoms with Gasteiger partial charge < -0.3 is 170 Å². The molecule has 10 fully saturated rings. The highest BCUT2D eigenvalue weighted by atomic mass is 35.5. The highest BCUT2D eigenvalue weighted by molar-refractivity contribution is 6.17. The average Bonchev–Trinajstić information content (AvgIpc) is 0.758. The third-order valence-corrected chi connectivity index (χ3v) is 25.7. The molecule has 19 rings (SSSR count). The molecule has 0 saturated carbocycles. The van der Waals surface area contributed by atoms with Crippen molar-refractivity contribution in [1.82, 2.24) is 0 Å². The lowest BCUT2D eigenvalue weighted by Crippen LogP contribution is -2.67. The number of aliphatic hydroxyl groups is 12. The first-order valence-electron chi connectivity index (χ1n) is 46.2. The van der Waals surface area contributed by atoms with Gasteiger partial charge >= 0.3 is 0 Å². The molecule has 36 heteroatoms. The van der Waals surface area contributed by atoms with E-state index in [1.807, 2.05) is 231 Å². The van der Waals surface area contributed by atoms with Gasteiger partial charge in [0.2, 0.25) is 0 Å². The monoisotopic (exact) mass is 1950 g/mol. The number of fused-ring (bicyclic) bond motifs is 4.